The van der Waals surface area contributed by atoms with Crippen LogP contribution in [0, 0.1) is 13.8 Å². The first-order chi connectivity index (χ1) is 16.0. The summed E-state index contributed by atoms with van der Waals surface area (Å²) in [6.07, 6.45) is 0.206. The fourth-order valence-corrected chi connectivity index (χ4v) is 4.39. The van der Waals surface area contributed by atoms with Crippen molar-refractivity contribution in [3.05, 3.63) is 93.2 Å². The molecule has 0 aliphatic rings. The number of aryl methyl sites for hydroxylation is 1. The minimum absolute atomic E-state index is 0.184. The van der Waals surface area contributed by atoms with E-state index in [-0.39, 0.29) is 23.8 Å². The monoisotopic (exact) mass is 455 g/mol. The summed E-state index contributed by atoms with van der Waals surface area (Å²) < 4.78 is 1.48. The Hall–Kier alpha value is -4.04. The van der Waals surface area contributed by atoms with E-state index in [9.17, 15) is 9.59 Å². The Bertz CT molecular complexity index is 1530. The lowest BCUT2D eigenvalue weighted by molar-refractivity contribution is -0.115. The van der Waals surface area contributed by atoms with Gasteiger partial charge in [-0.25, -0.2) is 4.98 Å². The maximum atomic E-state index is 13.1. The number of nitrogens with one attached hydrogen (secondary N) is 2. The Morgan fingerprint density at radius 1 is 1.09 bits per heavy atom. The van der Waals surface area contributed by atoms with Gasteiger partial charge in [-0.05, 0) is 41.6 Å². The summed E-state index contributed by atoms with van der Waals surface area (Å²) in [5, 5.41) is 11.7. The number of carbonyl (C=O) groups excluding carboxylic acids is 1. The molecular formula is C25H21N5O2S. The quantitative estimate of drug-likeness (QED) is 0.404. The highest BCUT2D eigenvalue weighted by Gasteiger charge is 2.17. The molecule has 1 amide bonds. The van der Waals surface area contributed by atoms with Gasteiger partial charge in [-0.15, -0.1) is 11.3 Å². The summed E-state index contributed by atoms with van der Waals surface area (Å²) in [5.74, 6) is 0.512. The van der Waals surface area contributed by atoms with Crippen LogP contribution in [0.2, 0.25) is 0 Å². The Morgan fingerprint density at radius 3 is 2.70 bits per heavy atom. The molecule has 0 saturated heterocycles. The molecule has 0 saturated carbocycles. The van der Waals surface area contributed by atoms with Crippen molar-refractivity contribution in [2.24, 2.45) is 0 Å². The van der Waals surface area contributed by atoms with Crippen molar-refractivity contribution in [3.8, 4) is 16.5 Å². The summed E-state index contributed by atoms with van der Waals surface area (Å²) >= 11 is 1.54. The van der Waals surface area contributed by atoms with Crippen molar-refractivity contribution in [3.63, 3.8) is 0 Å². The van der Waals surface area contributed by atoms with Crippen LogP contribution < -0.4 is 10.9 Å². The number of aromatic amines is 1. The summed E-state index contributed by atoms with van der Waals surface area (Å²) in [7, 11) is 0. The predicted octanol–water partition coefficient (Wildman–Crippen LogP) is 4.64. The summed E-state index contributed by atoms with van der Waals surface area (Å²) in [6, 6.07) is 19.6. The molecule has 2 N–H and O–H groups in total. The largest absolute Gasteiger partial charge is 0.310 e. The molecule has 3 heterocycles. The summed E-state index contributed by atoms with van der Waals surface area (Å²) in [5.41, 5.74) is 2.54. The number of hydrogen-bond acceptors (Lipinski definition) is 5. The highest BCUT2D eigenvalue weighted by molar-refractivity contribution is 7.13. The topological polar surface area (TPSA) is 92.7 Å². The van der Waals surface area contributed by atoms with Gasteiger partial charge >= 0.3 is 0 Å². The second-order valence-corrected chi connectivity index (χ2v) is 8.71. The molecular weight excluding hydrogens is 434 g/mol. The van der Waals surface area contributed by atoms with Gasteiger partial charge in [-0.3, -0.25) is 14.6 Å². The molecule has 0 aliphatic carbocycles. The Kier molecular flexibility index (Phi) is 5.35. The lowest BCUT2D eigenvalue weighted by Gasteiger charge is -2.10. The van der Waals surface area contributed by atoms with Gasteiger partial charge in [0.05, 0.1) is 11.3 Å². The van der Waals surface area contributed by atoms with E-state index in [2.05, 4.69) is 20.4 Å². The number of anilines is 1. The van der Waals surface area contributed by atoms with Crippen molar-refractivity contribution < 1.29 is 4.79 Å². The van der Waals surface area contributed by atoms with E-state index < -0.39 is 0 Å². The van der Waals surface area contributed by atoms with E-state index in [1.165, 1.54) is 4.68 Å². The normalized spacial score (nSPS) is 11.1. The fourth-order valence-electron chi connectivity index (χ4n) is 3.71. The molecule has 3 aromatic heterocycles. The minimum Gasteiger partial charge on any atom is -0.310 e. The molecule has 5 aromatic rings. The SMILES string of the molecule is Cc1nc(-n2nc(-c3cccs3)cc2NC(=O)Cc2cccc3ccccc23)[nH]c(=O)c1C. The second kappa shape index (κ2) is 8.48. The maximum absolute atomic E-state index is 13.1. The van der Waals surface area contributed by atoms with Gasteiger partial charge < -0.3 is 5.32 Å². The van der Waals surface area contributed by atoms with E-state index in [1.807, 2.05) is 60.0 Å². The molecule has 0 unspecified atom stereocenters. The summed E-state index contributed by atoms with van der Waals surface area (Å²) in [4.78, 5) is 33.6. The number of thiophene rings is 1. The zero-order valence-electron chi connectivity index (χ0n) is 18.1. The summed E-state index contributed by atoms with van der Waals surface area (Å²) in [6.45, 7) is 3.49. The van der Waals surface area contributed by atoms with E-state index in [1.54, 1.807) is 31.3 Å². The first-order valence-corrected chi connectivity index (χ1v) is 11.4. The molecule has 2 aromatic carbocycles. The van der Waals surface area contributed by atoms with Crippen molar-refractivity contribution in [2.75, 3.05) is 5.32 Å². The van der Waals surface area contributed by atoms with Gasteiger partial charge in [0.15, 0.2) is 0 Å². The molecule has 164 valence electrons. The van der Waals surface area contributed by atoms with Crippen LogP contribution in [0.3, 0.4) is 0 Å². The zero-order valence-corrected chi connectivity index (χ0v) is 18.9. The van der Waals surface area contributed by atoms with Crippen LogP contribution in [-0.2, 0) is 11.2 Å². The van der Waals surface area contributed by atoms with Crippen LogP contribution in [-0.4, -0.2) is 25.7 Å². The third-order valence-corrected chi connectivity index (χ3v) is 6.46. The van der Waals surface area contributed by atoms with Crippen LogP contribution in [0.15, 0.2) is 70.8 Å². The van der Waals surface area contributed by atoms with Gasteiger partial charge in [-0.2, -0.15) is 9.78 Å². The average molecular weight is 456 g/mol. The van der Waals surface area contributed by atoms with E-state index in [0.29, 0.717) is 22.8 Å². The maximum Gasteiger partial charge on any atom is 0.255 e. The molecule has 5 rings (SSSR count). The van der Waals surface area contributed by atoms with Gasteiger partial charge in [-0.1, -0.05) is 48.5 Å². The highest BCUT2D eigenvalue weighted by Crippen LogP contribution is 2.27. The number of rotatable bonds is 5. The lowest BCUT2D eigenvalue weighted by Crippen LogP contribution is -2.21. The van der Waals surface area contributed by atoms with Crippen LogP contribution in [0.4, 0.5) is 5.82 Å². The molecule has 0 radical (unpaired) electrons. The lowest BCUT2D eigenvalue weighted by atomic mass is 10.0. The molecule has 7 nitrogen and oxygen atoms in total. The highest BCUT2D eigenvalue weighted by atomic mass is 32.1. The Labute approximate surface area is 193 Å². The average Bonchev–Trinajstić information content (AvgIpc) is 3.48. The van der Waals surface area contributed by atoms with Crippen molar-refractivity contribution in [1.29, 1.82) is 0 Å². The zero-order chi connectivity index (χ0) is 22.9. The number of aromatic nitrogens is 4. The van der Waals surface area contributed by atoms with Crippen molar-refractivity contribution in [1.82, 2.24) is 19.7 Å². The molecule has 33 heavy (non-hydrogen) atoms. The number of amides is 1. The number of fused-ring (bicyclic) bond motifs is 1. The molecule has 8 heteroatoms. The second-order valence-electron chi connectivity index (χ2n) is 7.77. The van der Waals surface area contributed by atoms with Crippen molar-refractivity contribution >= 4 is 33.8 Å². The Morgan fingerprint density at radius 2 is 1.91 bits per heavy atom. The number of H-pyrrole nitrogens is 1. The van der Waals surface area contributed by atoms with E-state index in [4.69, 9.17) is 0 Å². The van der Waals surface area contributed by atoms with Gasteiger partial charge in [0, 0.05) is 17.3 Å². The van der Waals surface area contributed by atoms with E-state index in [0.717, 1.165) is 21.2 Å². The van der Waals surface area contributed by atoms with Gasteiger partial charge in [0.1, 0.15) is 11.5 Å². The number of hydrogen-bond donors (Lipinski definition) is 2. The Balaban J connectivity index is 1.52. The van der Waals surface area contributed by atoms with Gasteiger partial charge in [0.25, 0.3) is 5.56 Å². The fraction of sp³-hybridized carbons (Fsp3) is 0.120. The molecule has 0 atom stereocenters. The number of benzene rings is 2. The molecule has 0 aliphatic heterocycles. The smallest absolute Gasteiger partial charge is 0.255 e. The van der Waals surface area contributed by atoms with Crippen LogP contribution >= 0.6 is 11.3 Å². The third kappa shape index (κ3) is 4.08. The molecule has 0 fully saturated rings. The first-order valence-electron chi connectivity index (χ1n) is 10.5. The van der Waals surface area contributed by atoms with Crippen molar-refractivity contribution in [2.45, 2.75) is 20.3 Å². The number of nitrogens with zero attached hydrogens (tertiary/aromatic N) is 3. The standard InChI is InChI=1S/C25H21N5O2S/c1-15-16(2)26-25(28-24(15)32)30-22(14-20(29-30)21-11-6-12-33-21)27-23(31)13-18-9-5-8-17-7-3-4-10-19(17)18/h3-12,14H,13H2,1-2H3,(H,27,31)(H,26,28,32). The van der Waals surface area contributed by atoms with E-state index >= 15 is 0 Å². The minimum atomic E-state index is -0.237. The molecule has 0 bridgehead atoms. The van der Waals surface area contributed by atoms with Crippen LogP contribution in [0.25, 0.3) is 27.3 Å². The third-order valence-electron chi connectivity index (χ3n) is 5.56. The predicted molar refractivity (Wildman–Crippen MR) is 131 cm³/mol. The molecule has 0 spiro atoms. The first kappa shape index (κ1) is 20.8. The van der Waals surface area contributed by atoms with Crippen LogP contribution in [0.1, 0.15) is 16.8 Å². The van der Waals surface area contributed by atoms with Crippen LogP contribution in [0.5, 0.6) is 0 Å². The van der Waals surface area contributed by atoms with Gasteiger partial charge in [0.2, 0.25) is 11.9 Å². The number of carbonyl (C=O) groups is 1.